The summed E-state index contributed by atoms with van der Waals surface area (Å²) in [5.41, 5.74) is 3.24. The smallest absolute Gasteiger partial charge is 0.260 e. The SMILES string of the molecule is CCS(=O)(=O)c1ccc(-c2cc3cnc(Nc4ccc(OC5CCNCC5)cc4)nc3n(CC3CC3)c2=O)c(C)c1. The number of hydrogen-bond acceptors (Lipinski definition) is 8. The largest absolute Gasteiger partial charge is 0.490 e. The molecule has 0 radical (unpaired) electrons. The number of nitrogens with one attached hydrogen (secondary N) is 2. The average Bonchev–Trinajstić information content (AvgIpc) is 3.81. The van der Waals surface area contributed by atoms with E-state index in [1.165, 1.54) is 0 Å². The van der Waals surface area contributed by atoms with Crippen LogP contribution < -0.4 is 20.9 Å². The van der Waals surface area contributed by atoms with Crippen molar-refractivity contribution in [2.24, 2.45) is 5.92 Å². The van der Waals surface area contributed by atoms with E-state index >= 15 is 0 Å². The lowest BCUT2D eigenvalue weighted by Crippen LogP contribution is -2.34. The summed E-state index contributed by atoms with van der Waals surface area (Å²) in [6, 6.07) is 14.5. The number of nitrogens with zero attached hydrogens (tertiary/aromatic N) is 3. The Morgan fingerprint density at radius 2 is 1.78 bits per heavy atom. The summed E-state index contributed by atoms with van der Waals surface area (Å²) in [4.78, 5) is 23.4. The minimum absolute atomic E-state index is 0.0277. The molecule has 1 saturated heterocycles. The van der Waals surface area contributed by atoms with Gasteiger partial charge in [-0.25, -0.2) is 13.4 Å². The molecule has 0 atom stereocenters. The van der Waals surface area contributed by atoms with E-state index in [4.69, 9.17) is 9.72 Å². The molecule has 0 spiro atoms. The van der Waals surface area contributed by atoms with Crippen LogP contribution in [0.4, 0.5) is 11.6 Å². The Balaban J connectivity index is 1.31. The number of aromatic nitrogens is 3. The van der Waals surface area contributed by atoms with Crippen molar-refractivity contribution in [3.8, 4) is 16.9 Å². The van der Waals surface area contributed by atoms with Gasteiger partial charge in [0.25, 0.3) is 5.56 Å². The number of fused-ring (bicyclic) bond motifs is 1. The van der Waals surface area contributed by atoms with Gasteiger partial charge in [0, 0.05) is 29.4 Å². The van der Waals surface area contributed by atoms with E-state index in [0.29, 0.717) is 35.2 Å². The third-order valence-electron chi connectivity index (χ3n) is 7.89. The predicted octanol–water partition coefficient (Wildman–Crippen LogP) is 4.84. The zero-order valence-corrected chi connectivity index (χ0v) is 24.2. The molecule has 2 aliphatic rings. The third kappa shape index (κ3) is 5.99. The van der Waals surface area contributed by atoms with Crippen LogP contribution in [-0.2, 0) is 16.4 Å². The lowest BCUT2D eigenvalue weighted by molar-refractivity contribution is 0.162. The standard InChI is InChI=1S/C31H35N5O4S/c1-3-41(38,39)26-10-11-27(20(2)16-26)28-17-22-18-33-31(35-29(22)36(30(28)37)19-21-4-5-21)34-23-6-8-24(9-7-23)40-25-12-14-32-15-13-25/h6-11,16-18,21,25,32H,3-5,12-15,19H2,1-2H3,(H,33,34,35). The van der Waals surface area contributed by atoms with Crippen molar-refractivity contribution in [2.75, 3.05) is 24.2 Å². The molecule has 0 amide bonds. The molecule has 9 nitrogen and oxygen atoms in total. The lowest BCUT2D eigenvalue weighted by atomic mass is 10.0. The van der Waals surface area contributed by atoms with Gasteiger partial charge >= 0.3 is 0 Å². The maximum absolute atomic E-state index is 13.9. The lowest BCUT2D eigenvalue weighted by Gasteiger charge is -2.23. The van der Waals surface area contributed by atoms with Crippen LogP contribution >= 0.6 is 0 Å². The van der Waals surface area contributed by atoms with Gasteiger partial charge in [0.15, 0.2) is 9.84 Å². The molecule has 1 aliphatic carbocycles. The van der Waals surface area contributed by atoms with Gasteiger partial charge in [0.2, 0.25) is 5.95 Å². The summed E-state index contributed by atoms with van der Waals surface area (Å²) >= 11 is 0. The highest BCUT2D eigenvalue weighted by atomic mass is 32.2. The number of rotatable bonds is 9. The molecule has 2 N–H and O–H groups in total. The second-order valence-corrected chi connectivity index (χ2v) is 13.3. The van der Waals surface area contributed by atoms with E-state index in [1.807, 2.05) is 37.3 Å². The number of pyridine rings is 1. The molecule has 6 rings (SSSR count). The fraction of sp³-hybridized carbons (Fsp3) is 0.387. The summed E-state index contributed by atoms with van der Waals surface area (Å²) in [7, 11) is -3.34. The predicted molar refractivity (Wildman–Crippen MR) is 161 cm³/mol. The fourth-order valence-electron chi connectivity index (χ4n) is 5.29. The van der Waals surface area contributed by atoms with Crippen molar-refractivity contribution < 1.29 is 13.2 Å². The molecule has 0 bridgehead atoms. The zero-order valence-electron chi connectivity index (χ0n) is 23.4. The van der Waals surface area contributed by atoms with Crippen molar-refractivity contribution in [1.29, 1.82) is 0 Å². The molecule has 1 saturated carbocycles. The van der Waals surface area contributed by atoms with E-state index < -0.39 is 9.84 Å². The maximum Gasteiger partial charge on any atom is 0.260 e. The van der Waals surface area contributed by atoms with E-state index in [-0.39, 0.29) is 22.3 Å². The van der Waals surface area contributed by atoms with Gasteiger partial charge in [-0.3, -0.25) is 9.36 Å². The average molecular weight is 574 g/mol. The molecule has 1 aliphatic heterocycles. The number of ether oxygens (including phenoxy) is 1. The quantitative estimate of drug-likeness (QED) is 0.292. The minimum Gasteiger partial charge on any atom is -0.490 e. The topological polar surface area (TPSA) is 115 Å². The molecular formula is C31H35N5O4S. The normalized spacial score (nSPS) is 16.1. The van der Waals surface area contributed by atoms with Crippen LogP contribution in [0.2, 0.25) is 0 Å². The van der Waals surface area contributed by atoms with Crippen molar-refractivity contribution in [3.63, 3.8) is 0 Å². The van der Waals surface area contributed by atoms with Crippen LogP contribution in [-0.4, -0.2) is 47.9 Å². The van der Waals surface area contributed by atoms with Crippen molar-refractivity contribution in [2.45, 2.75) is 57.1 Å². The minimum atomic E-state index is -3.34. The first-order valence-electron chi connectivity index (χ1n) is 14.3. The van der Waals surface area contributed by atoms with Crippen LogP contribution in [0.1, 0.15) is 38.2 Å². The number of benzene rings is 2. The van der Waals surface area contributed by atoms with Gasteiger partial charge in [0.05, 0.1) is 10.6 Å². The highest BCUT2D eigenvalue weighted by Gasteiger charge is 2.25. The molecule has 2 fully saturated rings. The van der Waals surface area contributed by atoms with Crippen LogP contribution in [0.15, 0.2) is 64.4 Å². The van der Waals surface area contributed by atoms with E-state index in [0.717, 1.165) is 61.2 Å². The van der Waals surface area contributed by atoms with Gasteiger partial charge in [0.1, 0.15) is 17.5 Å². The van der Waals surface area contributed by atoms with Crippen LogP contribution in [0, 0.1) is 12.8 Å². The maximum atomic E-state index is 13.9. The van der Waals surface area contributed by atoms with Crippen LogP contribution in [0.25, 0.3) is 22.2 Å². The van der Waals surface area contributed by atoms with E-state index in [9.17, 15) is 13.2 Å². The fourth-order valence-corrected chi connectivity index (χ4v) is 6.26. The van der Waals surface area contributed by atoms with Gasteiger partial charge < -0.3 is 15.4 Å². The highest BCUT2D eigenvalue weighted by molar-refractivity contribution is 7.91. The summed E-state index contributed by atoms with van der Waals surface area (Å²) in [6.07, 6.45) is 6.14. The molecular weight excluding hydrogens is 538 g/mol. The van der Waals surface area contributed by atoms with E-state index in [2.05, 4.69) is 15.6 Å². The first kappa shape index (κ1) is 27.4. The third-order valence-corrected chi connectivity index (χ3v) is 9.62. The Morgan fingerprint density at radius 3 is 2.46 bits per heavy atom. The Kier molecular flexibility index (Phi) is 7.52. The second kappa shape index (κ2) is 11.3. The molecule has 2 aromatic carbocycles. The van der Waals surface area contributed by atoms with Crippen LogP contribution in [0.3, 0.4) is 0 Å². The zero-order chi connectivity index (χ0) is 28.6. The molecule has 41 heavy (non-hydrogen) atoms. The second-order valence-electron chi connectivity index (χ2n) is 11.0. The van der Waals surface area contributed by atoms with Crippen molar-refractivity contribution in [3.05, 3.63) is 70.6 Å². The molecule has 10 heteroatoms. The monoisotopic (exact) mass is 573 g/mol. The Bertz CT molecular complexity index is 1740. The number of hydrogen-bond donors (Lipinski definition) is 2. The first-order chi connectivity index (χ1) is 19.8. The number of anilines is 2. The first-order valence-corrected chi connectivity index (χ1v) is 15.9. The van der Waals surface area contributed by atoms with Gasteiger partial charge in [-0.05, 0) is 105 Å². The van der Waals surface area contributed by atoms with Gasteiger partial charge in [-0.1, -0.05) is 13.0 Å². The van der Waals surface area contributed by atoms with E-state index in [1.54, 1.807) is 35.9 Å². The number of aryl methyl sites for hydroxylation is 1. The number of piperidine rings is 1. The summed E-state index contributed by atoms with van der Waals surface area (Å²) in [6.45, 7) is 6.01. The summed E-state index contributed by atoms with van der Waals surface area (Å²) in [5, 5.41) is 7.36. The number of sulfone groups is 1. The van der Waals surface area contributed by atoms with Gasteiger partial charge in [-0.2, -0.15) is 4.98 Å². The Morgan fingerprint density at radius 1 is 1.02 bits per heavy atom. The van der Waals surface area contributed by atoms with Gasteiger partial charge in [-0.15, -0.1) is 0 Å². The van der Waals surface area contributed by atoms with Crippen LogP contribution in [0.5, 0.6) is 5.75 Å². The molecule has 214 valence electrons. The molecule has 0 unspecified atom stereocenters. The highest BCUT2D eigenvalue weighted by Crippen LogP contribution is 2.32. The molecule has 2 aromatic heterocycles. The Labute approximate surface area is 239 Å². The molecule has 3 heterocycles. The summed E-state index contributed by atoms with van der Waals surface area (Å²) in [5.74, 6) is 1.72. The molecule has 4 aromatic rings. The van der Waals surface area contributed by atoms with Crippen molar-refractivity contribution in [1.82, 2.24) is 19.9 Å². The summed E-state index contributed by atoms with van der Waals surface area (Å²) < 4.78 is 32.6. The Hall–Kier alpha value is -3.76. The van der Waals surface area contributed by atoms with Crippen molar-refractivity contribution >= 4 is 32.5 Å².